The third kappa shape index (κ3) is 4.20. The highest BCUT2D eigenvalue weighted by Crippen LogP contribution is 2.25. The zero-order chi connectivity index (χ0) is 17.7. The molecule has 1 amide bonds. The predicted octanol–water partition coefficient (Wildman–Crippen LogP) is 3.56. The van der Waals surface area contributed by atoms with Crippen LogP contribution < -0.4 is 11.1 Å². The molecule has 0 radical (unpaired) electrons. The second kappa shape index (κ2) is 7.58. The van der Waals surface area contributed by atoms with Gasteiger partial charge in [0.25, 0.3) is 0 Å². The SMILES string of the molecule is CC(C(=O)NCC(C)(C)c1ccccc1F)C(N)c1ccccc1. The van der Waals surface area contributed by atoms with Crippen LogP contribution in [0.1, 0.15) is 37.9 Å². The smallest absolute Gasteiger partial charge is 0.224 e. The Kier molecular flexibility index (Phi) is 5.73. The highest BCUT2D eigenvalue weighted by atomic mass is 19.1. The maximum atomic E-state index is 14.0. The van der Waals surface area contributed by atoms with Crippen molar-refractivity contribution in [3.63, 3.8) is 0 Å². The first-order valence-electron chi connectivity index (χ1n) is 8.16. The first kappa shape index (κ1) is 18.1. The van der Waals surface area contributed by atoms with E-state index in [1.165, 1.54) is 6.07 Å². The third-order valence-corrected chi connectivity index (χ3v) is 4.44. The lowest BCUT2D eigenvalue weighted by Crippen LogP contribution is -2.42. The fraction of sp³-hybridized carbons (Fsp3) is 0.350. The van der Waals surface area contributed by atoms with Crippen molar-refractivity contribution in [2.24, 2.45) is 11.7 Å². The van der Waals surface area contributed by atoms with E-state index in [9.17, 15) is 9.18 Å². The molecule has 2 unspecified atom stereocenters. The van der Waals surface area contributed by atoms with E-state index in [-0.39, 0.29) is 23.7 Å². The van der Waals surface area contributed by atoms with Crippen LogP contribution in [0.4, 0.5) is 4.39 Å². The number of benzene rings is 2. The molecule has 0 aliphatic carbocycles. The molecule has 0 bridgehead atoms. The molecule has 2 aromatic rings. The lowest BCUT2D eigenvalue weighted by atomic mass is 9.84. The van der Waals surface area contributed by atoms with Crippen LogP contribution >= 0.6 is 0 Å². The van der Waals surface area contributed by atoms with Crippen molar-refractivity contribution >= 4 is 5.91 Å². The highest BCUT2D eigenvalue weighted by molar-refractivity contribution is 5.79. The van der Waals surface area contributed by atoms with Gasteiger partial charge in [0.1, 0.15) is 5.82 Å². The number of amides is 1. The standard InChI is InChI=1S/C20H25FN2O/c1-14(18(22)15-9-5-4-6-10-15)19(24)23-13-20(2,3)16-11-7-8-12-17(16)21/h4-12,14,18H,13,22H2,1-3H3,(H,23,24). The quantitative estimate of drug-likeness (QED) is 0.852. The Labute approximate surface area is 143 Å². The molecule has 3 nitrogen and oxygen atoms in total. The summed E-state index contributed by atoms with van der Waals surface area (Å²) in [6, 6.07) is 15.8. The fourth-order valence-electron chi connectivity index (χ4n) is 2.70. The third-order valence-electron chi connectivity index (χ3n) is 4.44. The summed E-state index contributed by atoms with van der Waals surface area (Å²) >= 11 is 0. The van der Waals surface area contributed by atoms with Crippen LogP contribution in [0.3, 0.4) is 0 Å². The van der Waals surface area contributed by atoms with Gasteiger partial charge in [-0.15, -0.1) is 0 Å². The Hall–Kier alpha value is -2.20. The van der Waals surface area contributed by atoms with E-state index in [1.807, 2.05) is 51.1 Å². The van der Waals surface area contributed by atoms with E-state index in [0.717, 1.165) is 5.56 Å². The van der Waals surface area contributed by atoms with Crippen molar-refractivity contribution < 1.29 is 9.18 Å². The Morgan fingerprint density at radius 3 is 2.33 bits per heavy atom. The summed E-state index contributed by atoms with van der Waals surface area (Å²) in [5.41, 5.74) is 7.20. The van der Waals surface area contributed by atoms with E-state index in [1.54, 1.807) is 18.2 Å². The molecule has 24 heavy (non-hydrogen) atoms. The molecule has 2 atom stereocenters. The van der Waals surface area contributed by atoms with Gasteiger partial charge in [-0.2, -0.15) is 0 Å². The summed E-state index contributed by atoms with van der Waals surface area (Å²) in [6.45, 7) is 5.97. The lowest BCUT2D eigenvalue weighted by Gasteiger charge is -2.28. The van der Waals surface area contributed by atoms with Crippen molar-refractivity contribution in [3.05, 3.63) is 71.5 Å². The molecule has 2 aromatic carbocycles. The maximum absolute atomic E-state index is 14.0. The molecule has 0 spiro atoms. The zero-order valence-electron chi connectivity index (χ0n) is 14.4. The number of hydrogen-bond donors (Lipinski definition) is 2. The van der Waals surface area contributed by atoms with Gasteiger partial charge in [0.05, 0.1) is 5.92 Å². The molecule has 4 heteroatoms. The molecule has 0 saturated heterocycles. The molecule has 0 heterocycles. The number of nitrogens with one attached hydrogen (secondary N) is 1. The maximum Gasteiger partial charge on any atom is 0.224 e. The van der Waals surface area contributed by atoms with Gasteiger partial charge < -0.3 is 11.1 Å². The normalized spacial score (nSPS) is 14.0. The van der Waals surface area contributed by atoms with E-state index < -0.39 is 5.41 Å². The van der Waals surface area contributed by atoms with E-state index >= 15 is 0 Å². The minimum Gasteiger partial charge on any atom is -0.355 e. The van der Waals surface area contributed by atoms with Crippen LogP contribution in [-0.4, -0.2) is 12.5 Å². The van der Waals surface area contributed by atoms with Crippen molar-refractivity contribution in [1.82, 2.24) is 5.32 Å². The summed E-state index contributed by atoms with van der Waals surface area (Å²) in [4.78, 5) is 12.4. The highest BCUT2D eigenvalue weighted by Gasteiger charge is 2.27. The summed E-state index contributed by atoms with van der Waals surface area (Å²) in [7, 11) is 0. The van der Waals surface area contributed by atoms with Gasteiger partial charge >= 0.3 is 0 Å². The second-order valence-electron chi connectivity index (χ2n) is 6.81. The molecular weight excluding hydrogens is 303 g/mol. The molecule has 0 aliphatic heterocycles. The number of nitrogens with two attached hydrogens (primary N) is 1. The second-order valence-corrected chi connectivity index (χ2v) is 6.81. The summed E-state index contributed by atoms with van der Waals surface area (Å²) in [6.07, 6.45) is 0. The van der Waals surface area contributed by atoms with Gasteiger partial charge in [-0.05, 0) is 17.2 Å². The van der Waals surface area contributed by atoms with Crippen molar-refractivity contribution in [2.75, 3.05) is 6.54 Å². The van der Waals surface area contributed by atoms with Crippen molar-refractivity contribution in [3.8, 4) is 0 Å². The molecule has 3 N–H and O–H groups in total. The molecular formula is C20H25FN2O. The lowest BCUT2D eigenvalue weighted by molar-refractivity contribution is -0.125. The fourth-order valence-corrected chi connectivity index (χ4v) is 2.70. The molecule has 0 aromatic heterocycles. The number of halogens is 1. The largest absolute Gasteiger partial charge is 0.355 e. The summed E-state index contributed by atoms with van der Waals surface area (Å²) in [5, 5.41) is 2.91. The first-order chi connectivity index (χ1) is 11.3. The Morgan fingerprint density at radius 1 is 1.12 bits per heavy atom. The number of carbonyl (C=O) groups excluding carboxylic acids is 1. The van der Waals surface area contributed by atoms with Crippen LogP contribution in [0.15, 0.2) is 54.6 Å². The molecule has 128 valence electrons. The summed E-state index contributed by atoms with van der Waals surface area (Å²) < 4.78 is 14.0. The Morgan fingerprint density at radius 2 is 1.71 bits per heavy atom. The van der Waals surface area contributed by atoms with Gasteiger partial charge in [-0.25, -0.2) is 4.39 Å². The van der Waals surface area contributed by atoms with Crippen molar-refractivity contribution in [2.45, 2.75) is 32.2 Å². The van der Waals surface area contributed by atoms with Gasteiger partial charge in [-0.3, -0.25) is 4.79 Å². The van der Waals surface area contributed by atoms with Crippen LogP contribution in [0.25, 0.3) is 0 Å². The number of hydrogen-bond acceptors (Lipinski definition) is 2. The van der Waals surface area contributed by atoms with E-state index in [2.05, 4.69) is 5.32 Å². The average molecular weight is 328 g/mol. The Bertz CT molecular complexity index is 685. The van der Waals surface area contributed by atoms with Crippen molar-refractivity contribution in [1.29, 1.82) is 0 Å². The molecule has 0 aliphatic rings. The van der Waals surface area contributed by atoms with Crippen LogP contribution in [0, 0.1) is 11.7 Å². The molecule has 0 fully saturated rings. The van der Waals surface area contributed by atoms with Gasteiger partial charge in [0.2, 0.25) is 5.91 Å². The predicted molar refractivity (Wildman–Crippen MR) is 95.0 cm³/mol. The van der Waals surface area contributed by atoms with Crippen LogP contribution in [0.2, 0.25) is 0 Å². The van der Waals surface area contributed by atoms with Gasteiger partial charge in [0, 0.05) is 18.0 Å². The van der Waals surface area contributed by atoms with E-state index in [4.69, 9.17) is 5.73 Å². The Balaban J connectivity index is 2.01. The first-order valence-corrected chi connectivity index (χ1v) is 8.16. The van der Waals surface area contributed by atoms with Gasteiger partial charge in [-0.1, -0.05) is 69.3 Å². The van der Waals surface area contributed by atoms with Gasteiger partial charge in [0.15, 0.2) is 0 Å². The molecule has 2 rings (SSSR count). The average Bonchev–Trinajstić information content (AvgIpc) is 2.59. The summed E-state index contributed by atoms with van der Waals surface area (Å²) in [5.74, 6) is -0.759. The number of carbonyl (C=O) groups is 1. The monoisotopic (exact) mass is 328 g/mol. The van der Waals surface area contributed by atoms with Crippen LogP contribution in [0.5, 0.6) is 0 Å². The topological polar surface area (TPSA) is 55.1 Å². The zero-order valence-corrected chi connectivity index (χ0v) is 14.4. The number of rotatable bonds is 6. The van der Waals surface area contributed by atoms with Crippen LogP contribution in [-0.2, 0) is 10.2 Å². The minimum absolute atomic E-state index is 0.129. The minimum atomic E-state index is -0.502. The molecule has 0 saturated carbocycles. The van der Waals surface area contributed by atoms with E-state index in [0.29, 0.717) is 12.1 Å².